The van der Waals surface area contributed by atoms with Crippen LogP contribution in [0.3, 0.4) is 0 Å². The van der Waals surface area contributed by atoms with Crippen molar-refractivity contribution in [3.8, 4) is 5.75 Å². The summed E-state index contributed by atoms with van der Waals surface area (Å²) in [6, 6.07) is 5.84. The average Bonchev–Trinajstić information content (AvgIpc) is 2.33. The van der Waals surface area contributed by atoms with Gasteiger partial charge in [-0.05, 0) is 25.5 Å². The minimum absolute atomic E-state index is 0.00236. The third-order valence-electron chi connectivity index (χ3n) is 2.77. The van der Waals surface area contributed by atoms with E-state index in [1.54, 1.807) is 4.90 Å². The molecular formula is C13H17NO3. The van der Waals surface area contributed by atoms with Crippen LogP contribution in [0.15, 0.2) is 18.2 Å². The van der Waals surface area contributed by atoms with Crippen molar-refractivity contribution in [2.45, 2.75) is 13.8 Å². The molecule has 1 heterocycles. The Morgan fingerprint density at radius 2 is 2.29 bits per heavy atom. The van der Waals surface area contributed by atoms with Gasteiger partial charge in [0.1, 0.15) is 12.4 Å². The van der Waals surface area contributed by atoms with Gasteiger partial charge in [-0.15, -0.1) is 0 Å². The van der Waals surface area contributed by atoms with E-state index in [4.69, 9.17) is 9.47 Å². The third kappa shape index (κ3) is 2.58. The highest BCUT2D eigenvalue weighted by molar-refractivity contribution is 5.95. The molecule has 1 aromatic rings. The van der Waals surface area contributed by atoms with Crippen LogP contribution in [0.4, 0.5) is 5.69 Å². The van der Waals surface area contributed by atoms with Crippen LogP contribution in [0, 0.1) is 6.92 Å². The van der Waals surface area contributed by atoms with Crippen molar-refractivity contribution in [1.82, 2.24) is 0 Å². The summed E-state index contributed by atoms with van der Waals surface area (Å²) in [5.41, 5.74) is 1.96. The molecule has 1 fully saturated rings. The Morgan fingerprint density at radius 3 is 3.00 bits per heavy atom. The van der Waals surface area contributed by atoms with Crippen molar-refractivity contribution >= 4 is 11.6 Å². The number of hydrogen-bond donors (Lipinski definition) is 0. The first kappa shape index (κ1) is 11.9. The van der Waals surface area contributed by atoms with E-state index < -0.39 is 0 Å². The quantitative estimate of drug-likeness (QED) is 0.801. The lowest BCUT2D eigenvalue weighted by atomic mass is 10.2. The monoisotopic (exact) mass is 235 g/mol. The van der Waals surface area contributed by atoms with E-state index >= 15 is 0 Å². The van der Waals surface area contributed by atoms with Crippen molar-refractivity contribution in [3.63, 3.8) is 0 Å². The summed E-state index contributed by atoms with van der Waals surface area (Å²) in [4.78, 5) is 13.5. The summed E-state index contributed by atoms with van der Waals surface area (Å²) < 4.78 is 10.6. The lowest BCUT2D eigenvalue weighted by molar-refractivity contribution is -0.125. The van der Waals surface area contributed by atoms with Crippen molar-refractivity contribution in [2.75, 3.05) is 31.3 Å². The van der Waals surface area contributed by atoms with E-state index in [0.29, 0.717) is 19.8 Å². The number of rotatable bonds is 3. The lowest BCUT2D eigenvalue weighted by Gasteiger charge is -2.27. The van der Waals surface area contributed by atoms with Crippen LogP contribution in [-0.2, 0) is 9.53 Å². The van der Waals surface area contributed by atoms with Crippen LogP contribution >= 0.6 is 0 Å². The molecule has 0 bridgehead atoms. The summed E-state index contributed by atoms with van der Waals surface area (Å²) in [5.74, 6) is 0.840. The molecular weight excluding hydrogens is 218 g/mol. The van der Waals surface area contributed by atoms with Crippen LogP contribution in [0.1, 0.15) is 12.5 Å². The molecule has 4 nitrogen and oxygen atoms in total. The summed E-state index contributed by atoms with van der Waals surface area (Å²) in [6.45, 7) is 5.93. The predicted molar refractivity (Wildman–Crippen MR) is 65.5 cm³/mol. The molecule has 0 atom stereocenters. The number of carbonyl (C=O) groups is 1. The highest BCUT2D eigenvalue weighted by Gasteiger charge is 2.20. The molecule has 0 saturated carbocycles. The minimum Gasteiger partial charge on any atom is -0.494 e. The number of anilines is 1. The van der Waals surface area contributed by atoms with E-state index in [2.05, 4.69) is 0 Å². The molecule has 1 aromatic carbocycles. The van der Waals surface area contributed by atoms with Gasteiger partial charge in [0, 0.05) is 18.3 Å². The zero-order valence-electron chi connectivity index (χ0n) is 10.2. The van der Waals surface area contributed by atoms with Crippen molar-refractivity contribution in [2.24, 2.45) is 0 Å². The van der Waals surface area contributed by atoms with Gasteiger partial charge in [-0.2, -0.15) is 0 Å². The molecule has 0 unspecified atom stereocenters. The zero-order chi connectivity index (χ0) is 12.3. The number of morpholine rings is 1. The van der Waals surface area contributed by atoms with Crippen LogP contribution in [-0.4, -0.2) is 32.3 Å². The second-order valence-corrected chi connectivity index (χ2v) is 3.98. The van der Waals surface area contributed by atoms with Crippen LogP contribution in [0.25, 0.3) is 0 Å². The first-order valence-electron chi connectivity index (χ1n) is 5.84. The molecule has 4 heteroatoms. The topological polar surface area (TPSA) is 38.8 Å². The molecule has 1 saturated heterocycles. The van der Waals surface area contributed by atoms with Gasteiger partial charge in [0.2, 0.25) is 0 Å². The summed E-state index contributed by atoms with van der Waals surface area (Å²) in [7, 11) is 0. The number of ether oxygens (including phenoxy) is 2. The molecule has 0 spiro atoms. The fourth-order valence-electron chi connectivity index (χ4n) is 1.86. The Morgan fingerprint density at radius 1 is 1.47 bits per heavy atom. The van der Waals surface area contributed by atoms with Gasteiger partial charge >= 0.3 is 0 Å². The Balaban J connectivity index is 2.25. The number of amides is 1. The Bertz CT molecular complexity index is 417. The SMILES string of the molecule is CCOc1cc(N2CCOCC2=O)ccc1C. The second-order valence-electron chi connectivity index (χ2n) is 3.98. The van der Waals surface area contributed by atoms with Crippen molar-refractivity contribution < 1.29 is 14.3 Å². The maximum absolute atomic E-state index is 11.7. The first-order valence-corrected chi connectivity index (χ1v) is 5.84. The second kappa shape index (κ2) is 5.19. The smallest absolute Gasteiger partial charge is 0.253 e. The van der Waals surface area contributed by atoms with Gasteiger partial charge < -0.3 is 14.4 Å². The van der Waals surface area contributed by atoms with Gasteiger partial charge in [-0.3, -0.25) is 4.79 Å². The molecule has 17 heavy (non-hydrogen) atoms. The van der Waals surface area contributed by atoms with E-state index in [1.807, 2.05) is 32.0 Å². The maximum atomic E-state index is 11.7. The molecule has 1 aliphatic rings. The van der Waals surface area contributed by atoms with E-state index in [0.717, 1.165) is 17.0 Å². The molecule has 0 aromatic heterocycles. The molecule has 0 N–H and O–H groups in total. The largest absolute Gasteiger partial charge is 0.494 e. The Kier molecular flexibility index (Phi) is 3.64. The molecule has 0 radical (unpaired) electrons. The molecule has 92 valence electrons. The van der Waals surface area contributed by atoms with E-state index in [1.165, 1.54) is 0 Å². The van der Waals surface area contributed by atoms with Crippen LogP contribution in [0.2, 0.25) is 0 Å². The van der Waals surface area contributed by atoms with Crippen LogP contribution in [0.5, 0.6) is 5.75 Å². The van der Waals surface area contributed by atoms with Gasteiger partial charge in [-0.1, -0.05) is 6.07 Å². The minimum atomic E-state index is 0.00236. The Hall–Kier alpha value is -1.55. The third-order valence-corrected chi connectivity index (χ3v) is 2.77. The number of carbonyl (C=O) groups excluding carboxylic acids is 1. The normalized spacial score (nSPS) is 16.1. The number of nitrogens with zero attached hydrogens (tertiary/aromatic N) is 1. The first-order chi connectivity index (χ1) is 8.22. The zero-order valence-corrected chi connectivity index (χ0v) is 10.2. The van der Waals surface area contributed by atoms with Gasteiger partial charge in [0.05, 0.1) is 13.2 Å². The highest BCUT2D eigenvalue weighted by atomic mass is 16.5. The predicted octanol–water partition coefficient (Wildman–Crippen LogP) is 1.76. The standard InChI is InChI=1S/C13H17NO3/c1-3-17-12-8-11(5-4-10(12)2)14-6-7-16-9-13(14)15/h4-5,8H,3,6-7,9H2,1-2H3. The fourth-order valence-corrected chi connectivity index (χ4v) is 1.86. The van der Waals surface area contributed by atoms with Gasteiger partial charge in [0.25, 0.3) is 5.91 Å². The number of aryl methyl sites for hydroxylation is 1. The number of hydrogen-bond acceptors (Lipinski definition) is 3. The summed E-state index contributed by atoms with van der Waals surface area (Å²) in [6.07, 6.45) is 0. The maximum Gasteiger partial charge on any atom is 0.253 e. The molecule has 1 amide bonds. The van der Waals surface area contributed by atoms with E-state index in [9.17, 15) is 4.79 Å². The van der Waals surface area contributed by atoms with Crippen LogP contribution < -0.4 is 9.64 Å². The van der Waals surface area contributed by atoms with Gasteiger partial charge in [0.15, 0.2) is 0 Å². The summed E-state index contributed by atoms with van der Waals surface area (Å²) >= 11 is 0. The average molecular weight is 235 g/mol. The number of benzene rings is 1. The van der Waals surface area contributed by atoms with Crippen molar-refractivity contribution in [3.05, 3.63) is 23.8 Å². The molecule has 1 aliphatic heterocycles. The van der Waals surface area contributed by atoms with Gasteiger partial charge in [-0.25, -0.2) is 0 Å². The molecule has 0 aliphatic carbocycles. The van der Waals surface area contributed by atoms with Crippen molar-refractivity contribution in [1.29, 1.82) is 0 Å². The lowest BCUT2D eigenvalue weighted by Crippen LogP contribution is -2.41. The Labute approximate surface area is 101 Å². The summed E-state index contributed by atoms with van der Waals surface area (Å²) in [5, 5.41) is 0. The molecule has 2 rings (SSSR count). The van der Waals surface area contributed by atoms with E-state index in [-0.39, 0.29) is 12.5 Å². The fraction of sp³-hybridized carbons (Fsp3) is 0.462. The highest BCUT2D eigenvalue weighted by Crippen LogP contribution is 2.26.